The molecule has 0 spiro atoms. The molecule has 0 bridgehead atoms. The first kappa shape index (κ1) is 13.2. The van der Waals surface area contributed by atoms with Crippen molar-refractivity contribution in [3.8, 4) is 0 Å². The third-order valence-corrected chi connectivity index (χ3v) is 3.43. The number of benzene rings is 1. The van der Waals surface area contributed by atoms with E-state index in [2.05, 4.69) is 38.1 Å². The SMILES string of the molecule is CCC(N)(Cc1ccccc1)C(C)COC. The lowest BCUT2D eigenvalue weighted by atomic mass is 9.79. The molecule has 90 valence electrons. The summed E-state index contributed by atoms with van der Waals surface area (Å²) >= 11 is 0. The summed E-state index contributed by atoms with van der Waals surface area (Å²) in [6, 6.07) is 10.4. The maximum Gasteiger partial charge on any atom is 0.0505 e. The van der Waals surface area contributed by atoms with Gasteiger partial charge in [-0.25, -0.2) is 0 Å². The van der Waals surface area contributed by atoms with Crippen LogP contribution in [0.4, 0.5) is 0 Å². The third-order valence-electron chi connectivity index (χ3n) is 3.43. The predicted molar refractivity (Wildman–Crippen MR) is 68.4 cm³/mol. The van der Waals surface area contributed by atoms with Crippen molar-refractivity contribution in [3.63, 3.8) is 0 Å². The van der Waals surface area contributed by atoms with Crippen LogP contribution in [0.2, 0.25) is 0 Å². The normalized spacial score (nSPS) is 16.8. The predicted octanol–water partition coefficient (Wildman–Crippen LogP) is 2.62. The molecule has 0 saturated carbocycles. The summed E-state index contributed by atoms with van der Waals surface area (Å²) in [4.78, 5) is 0. The Morgan fingerprint density at radius 3 is 2.44 bits per heavy atom. The number of rotatable bonds is 6. The van der Waals surface area contributed by atoms with E-state index in [1.807, 2.05) is 6.07 Å². The average molecular weight is 221 g/mol. The molecule has 1 rings (SSSR count). The van der Waals surface area contributed by atoms with E-state index in [0.29, 0.717) is 5.92 Å². The van der Waals surface area contributed by atoms with Crippen molar-refractivity contribution in [3.05, 3.63) is 35.9 Å². The minimum absolute atomic E-state index is 0.169. The summed E-state index contributed by atoms with van der Waals surface area (Å²) in [5, 5.41) is 0. The fourth-order valence-electron chi connectivity index (χ4n) is 2.04. The molecule has 0 aliphatic carbocycles. The van der Waals surface area contributed by atoms with E-state index in [1.54, 1.807) is 7.11 Å². The van der Waals surface area contributed by atoms with Gasteiger partial charge in [0.25, 0.3) is 0 Å². The van der Waals surface area contributed by atoms with Gasteiger partial charge >= 0.3 is 0 Å². The van der Waals surface area contributed by atoms with Crippen LogP contribution in [-0.2, 0) is 11.2 Å². The smallest absolute Gasteiger partial charge is 0.0505 e. The number of hydrogen-bond acceptors (Lipinski definition) is 2. The van der Waals surface area contributed by atoms with E-state index in [9.17, 15) is 0 Å². The summed E-state index contributed by atoms with van der Waals surface area (Å²) in [6.07, 6.45) is 1.88. The molecule has 0 heterocycles. The lowest BCUT2D eigenvalue weighted by molar-refractivity contribution is 0.112. The minimum atomic E-state index is -0.169. The van der Waals surface area contributed by atoms with Gasteiger partial charge in [0, 0.05) is 12.6 Å². The first-order chi connectivity index (χ1) is 7.62. The van der Waals surface area contributed by atoms with Gasteiger partial charge in [-0.3, -0.25) is 0 Å². The van der Waals surface area contributed by atoms with Gasteiger partial charge in [-0.1, -0.05) is 44.2 Å². The molecule has 0 radical (unpaired) electrons. The molecule has 0 aliphatic rings. The van der Waals surface area contributed by atoms with Gasteiger partial charge in [-0.15, -0.1) is 0 Å². The van der Waals surface area contributed by atoms with Gasteiger partial charge < -0.3 is 10.5 Å². The largest absolute Gasteiger partial charge is 0.384 e. The van der Waals surface area contributed by atoms with E-state index in [1.165, 1.54) is 5.56 Å². The van der Waals surface area contributed by atoms with E-state index >= 15 is 0 Å². The van der Waals surface area contributed by atoms with Crippen molar-refractivity contribution in [2.75, 3.05) is 13.7 Å². The van der Waals surface area contributed by atoms with Gasteiger partial charge in [-0.05, 0) is 24.3 Å². The van der Waals surface area contributed by atoms with Gasteiger partial charge in [0.15, 0.2) is 0 Å². The van der Waals surface area contributed by atoms with Crippen LogP contribution in [0.15, 0.2) is 30.3 Å². The molecule has 2 N–H and O–H groups in total. The van der Waals surface area contributed by atoms with Crippen LogP contribution in [0.25, 0.3) is 0 Å². The molecule has 2 atom stereocenters. The van der Waals surface area contributed by atoms with Crippen LogP contribution in [0.1, 0.15) is 25.8 Å². The molecule has 2 unspecified atom stereocenters. The number of nitrogens with two attached hydrogens (primary N) is 1. The fraction of sp³-hybridized carbons (Fsp3) is 0.571. The Labute approximate surface area is 98.8 Å². The van der Waals surface area contributed by atoms with E-state index in [0.717, 1.165) is 19.4 Å². The van der Waals surface area contributed by atoms with Crippen LogP contribution in [0.3, 0.4) is 0 Å². The molecule has 0 fully saturated rings. The maximum atomic E-state index is 6.48. The highest BCUT2D eigenvalue weighted by Gasteiger charge is 2.30. The molecule has 1 aromatic rings. The minimum Gasteiger partial charge on any atom is -0.384 e. The first-order valence-corrected chi connectivity index (χ1v) is 5.94. The Morgan fingerprint density at radius 2 is 1.94 bits per heavy atom. The quantitative estimate of drug-likeness (QED) is 0.801. The maximum absolute atomic E-state index is 6.48. The van der Waals surface area contributed by atoms with E-state index < -0.39 is 0 Å². The number of ether oxygens (including phenoxy) is 1. The standard InChI is InChI=1S/C14H23NO/c1-4-14(15,12(2)11-16-3)10-13-8-6-5-7-9-13/h5-9,12H,4,10-11,15H2,1-3H3. The third kappa shape index (κ3) is 3.32. The molecular weight excluding hydrogens is 198 g/mol. The summed E-state index contributed by atoms with van der Waals surface area (Å²) < 4.78 is 5.21. The molecule has 16 heavy (non-hydrogen) atoms. The topological polar surface area (TPSA) is 35.2 Å². The summed E-state index contributed by atoms with van der Waals surface area (Å²) in [6.45, 7) is 5.03. The average Bonchev–Trinajstić information content (AvgIpc) is 2.30. The molecule has 0 saturated heterocycles. The van der Waals surface area contributed by atoms with Crippen molar-refractivity contribution in [2.45, 2.75) is 32.2 Å². The second-order valence-corrected chi connectivity index (χ2v) is 4.61. The van der Waals surface area contributed by atoms with E-state index in [4.69, 9.17) is 10.5 Å². The highest BCUT2D eigenvalue weighted by atomic mass is 16.5. The van der Waals surface area contributed by atoms with Crippen molar-refractivity contribution in [1.82, 2.24) is 0 Å². The second-order valence-electron chi connectivity index (χ2n) is 4.61. The zero-order valence-electron chi connectivity index (χ0n) is 10.6. The number of hydrogen-bond donors (Lipinski definition) is 1. The highest BCUT2D eigenvalue weighted by Crippen LogP contribution is 2.23. The van der Waals surface area contributed by atoms with Crippen LogP contribution < -0.4 is 5.73 Å². The van der Waals surface area contributed by atoms with Crippen molar-refractivity contribution < 1.29 is 4.74 Å². The molecule has 0 amide bonds. The Bertz CT molecular complexity index is 299. The lowest BCUT2D eigenvalue weighted by Crippen LogP contribution is -2.49. The van der Waals surface area contributed by atoms with Crippen LogP contribution in [0.5, 0.6) is 0 Å². The molecule has 1 aromatic carbocycles. The molecule has 2 nitrogen and oxygen atoms in total. The number of methoxy groups -OCH3 is 1. The van der Waals surface area contributed by atoms with Crippen molar-refractivity contribution in [1.29, 1.82) is 0 Å². The Balaban J connectivity index is 2.73. The van der Waals surface area contributed by atoms with Gasteiger partial charge in [0.05, 0.1) is 6.61 Å². The Hall–Kier alpha value is -0.860. The second kappa shape index (κ2) is 6.02. The fourth-order valence-corrected chi connectivity index (χ4v) is 2.04. The van der Waals surface area contributed by atoms with Gasteiger partial charge in [0.2, 0.25) is 0 Å². The molecular formula is C14H23NO. The molecule has 2 heteroatoms. The Kier molecular flexibility index (Phi) is 4.97. The Morgan fingerprint density at radius 1 is 1.31 bits per heavy atom. The van der Waals surface area contributed by atoms with E-state index in [-0.39, 0.29) is 5.54 Å². The van der Waals surface area contributed by atoms with Gasteiger partial charge in [0.1, 0.15) is 0 Å². The summed E-state index contributed by atoms with van der Waals surface area (Å²) in [5.41, 5.74) is 7.61. The lowest BCUT2D eigenvalue weighted by Gasteiger charge is -2.34. The van der Waals surface area contributed by atoms with Crippen molar-refractivity contribution >= 4 is 0 Å². The van der Waals surface area contributed by atoms with Gasteiger partial charge in [-0.2, -0.15) is 0 Å². The molecule has 0 aliphatic heterocycles. The van der Waals surface area contributed by atoms with Crippen LogP contribution in [-0.4, -0.2) is 19.3 Å². The monoisotopic (exact) mass is 221 g/mol. The highest BCUT2D eigenvalue weighted by molar-refractivity contribution is 5.18. The first-order valence-electron chi connectivity index (χ1n) is 5.94. The summed E-state index contributed by atoms with van der Waals surface area (Å²) in [5.74, 6) is 0.364. The zero-order valence-corrected chi connectivity index (χ0v) is 10.6. The summed E-state index contributed by atoms with van der Waals surface area (Å²) in [7, 11) is 1.73. The van der Waals surface area contributed by atoms with Crippen LogP contribution in [0, 0.1) is 5.92 Å². The van der Waals surface area contributed by atoms with Crippen LogP contribution >= 0.6 is 0 Å². The zero-order chi connectivity index (χ0) is 12.0. The van der Waals surface area contributed by atoms with Crippen molar-refractivity contribution in [2.24, 2.45) is 11.7 Å². The molecule has 0 aromatic heterocycles.